The molecule has 0 amide bonds. The first kappa shape index (κ1) is 23.3. The monoisotopic (exact) mass is 510 g/mol. The number of carbonyl (C=O) groups is 1. The van der Waals surface area contributed by atoms with Gasteiger partial charge in [0.1, 0.15) is 0 Å². The molecule has 0 radical (unpaired) electrons. The van der Waals surface area contributed by atoms with Crippen molar-refractivity contribution in [2.24, 2.45) is 0 Å². The highest BCUT2D eigenvalue weighted by Crippen LogP contribution is 2.52. The average Bonchev–Trinajstić information content (AvgIpc) is 3.30. The molecule has 0 fully saturated rings. The Kier molecular flexibility index (Phi) is 6.70. The lowest BCUT2D eigenvalue weighted by molar-refractivity contribution is 0.108. The molecule has 0 spiro atoms. The summed E-state index contributed by atoms with van der Waals surface area (Å²) in [6, 6.07) is 36.5. The summed E-state index contributed by atoms with van der Waals surface area (Å²) < 4.78 is 0. The molecular formula is C31H20Cl2OS. The lowest BCUT2D eigenvalue weighted by atomic mass is 9.91. The molecule has 5 aromatic rings. The summed E-state index contributed by atoms with van der Waals surface area (Å²) in [4.78, 5) is 13.9. The predicted octanol–water partition coefficient (Wildman–Crippen LogP) is 10.0. The molecule has 4 aromatic carbocycles. The largest absolute Gasteiger partial charge is 0.276 e. The van der Waals surface area contributed by atoms with Gasteiger partial charge in [-0.15, -0.1) is 11.3 Å². The van der Waals surface area contributed by atoms with Gasteiger partial charge in [-0.05, 0) is 51.6 Å². The maximum Gasteiger partial charge on any atom is 0.252 e. The first-order chi connectivity index (χ1) is 17.0. The third-order valence-corrected chi connectivity index (χ3v) is 7.59. The van der Waals surface area contributed by atoms with Crippen LogP contribution >= 0.6 is 34.5 Å². The first-order valence-corrected chi connectivity index (χ1v) is 12.6. The smallest absolute Gasteiger partial charge is 0.252 e. The number of halogens is 2. The standard InChI is InChI=1S/C31H20Cl2OS/c1-20(32)21-12-14-24(15-13-21)29-27(22-8-4-2-5-9-22)28(23-10-6-3-7-11-23)30(35-29)25-16-18-26(19-17-25)31(33)34/h2-19H,1H2. The molecule has 170 valence electrons. The van der Waals surface area contributed by atoms with Crippen molar-refractivity contribution in [2.75, 3.05) is 0 Å². The van der Waals surface area contributed by atoms with Gasteiger partial charge in [0.15, 0.2) is 0 Å². The van der Waals surface area contributed by atoms with Crippen molar-refractivity contribution in [3.63, 3.8) is 0 Å². The van der Waals surface area contributed by atoms with E-state index in [0.717, 1.165) is 43.1 Å². The van der Waals surface area contributed by atoms with Crippen molar-refractivity contribution in [1.29, 1.82) is 0 Å². The summed E-state index contributed by atoms with van der Waals surface area (Å²) in [5.74, 6) is 0. The van der Waals surface area contributed by atoms with Crippen LogP contribution in [0.3, 0.4) is 0 Å². The van der Waals surface area contributed by atoms with Crippen LogP contribution in [-0.2, 0) is 0 Å². The number of hydrogen-bond donors (Lipinski definition) is 0. The second-order valence-electron chi connectivity index (χ2n) is 8.08. The van der Waals surface area contributed by atoms with Crippen LogP contribution in [0.15, 0.2) is 116 Å². The van der Waals surface area contributed by atoms with E-state index >= 15 is 0 Å². The highest BCUT2D eigenvalue weighted by Gasteiger charge is 2.23. The van der Waals surface area contributed by atoms with Gasteiger partial charge in [0.25, 0.3) is 5.24 Å². The van der Waals surface area contributed by atoms with Crippen LogP contribution in [0.1, 0.15) is 15.9 Å². The number of thiophene rings is 1. The van der Waals surface area contributed by atoms with Gasteiger partial charge in [0.05, 0.1) is 0 Å². The average molecular weight is 511 g/mol. The molecule has 0 bridgehead atoms. The van der Waals surface area contributed by atoms with Gasteiger partial charge in [0, 0.05) is 31.5 Å². The molecule has 0 unspecified atom stereocenters. The summed E-state index contributed by atoms with van der Waals surface area (Å²) in [5, 5.41) is 0.0586. The van der Waals surface area contributed by atoms with Crippen LogP contribution in [0.25, 0.3) is 48.2 Å². The van der Waals surface area contributed by atoms with E-state index in [-0.39, 0.29) is 0 Å². The van der Waals surface area contributed by atoms with E-state index in [1.54, 1.807) is 23.5 Å². The molecule has 35 heavy (non-hydrogen) atoms. The van der Waals surface area contributed by atoms with E-state index in [2.05, 4.69) is 67.2 Å². The molecule has 0 atom stereocenters. The fourth-order valence-electron chi connectivity index (χ4n) is 4.15. The quantitative estimate of drug-likeness (QED) is 0.207. The molecule has 0 aliphatic rings. The topological polar surface area (TPSA) is 17.1 Å². The summed E-state index contributed by atoms with van der Waals surface area (Å²) in [6.45, 7) is 3.84. The number of hydrogen-bond acceptors (Lipinski definition) is 2. The molecule has 0 aliphatic heterocycles. The molecule has 1 nitrogen and oxygen atoms in total. The fourth-order valence-corrected chi connectivity index (χ4v) is 5.76. The van der Waals surface area contributed by atoms with Gasteiger partial charge in [-0.2, -0.15) is 0 Å². The number of benzene rings is 4. The van der Waals surface area contributed by atoms with Crippen LogP contribution in [0.5, 0.6) is 0 Å². The highest BCUT2D eigenvalue weighted by molar-refractivity contribution is 7.20. The minimum atomic E-state index is -0.461. The highest BCUT2D eigenvalue weighted by atomic mass is 35.5. The van der Waals surface area contributed by atoms with Crippen molar-refractivity contribution >= 4 is 44.8 Å². The van der Waals surface area contributed by atoms with Crippen molar-refractivity contribution in [3.05, 3.63) is 127 Å². The van der Waals surface area contributed by atoms with E-state index in [9.17, 15) is 4.79 Å². The normalized spacial score (nSPS) is 10.8. The zero-order valence-corrected chi connectivity index (χ0v) is 21.0. The molecule has 0 saturated heterocycles. The Labute approximate surface area is 218 Å². The zero-order chi connectivity index (χ0) is 24.4. The zero-order valence-electron chi connectivity index (χ0n) is 18.7. The molecule has 1 heterocycles. The van der Waals surface area contributed by atoms with Crippen molar-refractivity contribution in [2.45, 2.75) is 0 Å². The molecule has 4 heteroatoms. The summed E-state index contributed by atoms with van der Waals surface area (Å²) in [5.41, 5.74) is 8.12. The molecule has 0 aliphatic carbocycles. The fraction of sp³-hybridized carbons (Fsp3) is 0. The maximum atomic E-state index is 11.6. The van der Waals surface area contributed by atoms with Gasteiger partial charge >= 0.3 is 0 Å². The van der Waals surface area contributed by atoms with E-state index in [4.69, 9.17) is 23.2 Å². The molecule has 0 saturated carbocycles. The summed E-state index contributed by atoms with van der Waals surface area (Å²) >= 11 is 13.6. The molecular weight excluding hydrogens is 491 g/mol. The van der Waals surface area contributed by atoms with Crippen LogP contribution in [-0.4, -0.2) is 5.24 Å². The second kappa shape index (κ2) is 10.1. The van der Waals surface area contributed by atoms with Crippen LogP contribution < -0.4 is 0 Å². The molecule has 5 rings (SSSR count). The Hall–Kier alpha value is -3.43. The van der Waals surface area contributed by atoms with Crippen molar-refractivity contribution in [1.82, 2.24) is 0 Å². The minimum Gasteiger partial charge on any atom is -0.276 e. The van der Waals surface area contributed by atoms with E-state index in [1.165, 1.54) is 5.56 Å². The molecule has 0 N–H and O–H groups in total. The van der Waals surface area contributed by atoms with E-state index in [0.29, 0.717) is 10.6 Å². The van der Waals surface area contributed by atoms with Crippen molar-refractivity contribution < 1.29 is 4.79 Å². The van der Waals surface area contributed by atoms with Gasteiger partial charge < -0.3 is 0 Å². The van der Waals surface area contributed by atoms with Gasteiger partial charge in [0.2, 0.25) is 0 Å². The SMILES string of the molecule is C=C(Cl)c1ccc(-c2sc(-c3ccc(C(=O)Cl)cc3)c(-c3ccccc3)c2-c2ccccc2)cc1. The lowest BCUT2D eigenvalue weighted by Crippen LogP contribution is -1.88. The van der Waals surface area contributed by atoms with E-state index < -0.39 is 5.24 Å². The van der Waals surface area contributed by atoms with Crippen LogP contribution in [0.2, 0.25) is 0 Å². The van der Waals surface area contributed by atoms with Gasteiger partial charge in [-0.25, -0.2) is 0 Å². The predicted molar refractivity (Wildman–Crippen MR) is 151 cm³/mol. The van der Waals surface area contributed by atoms with Crippen LogP contribution in [0, 0.1) is 0 Å². The number of carbonyl (C=O) groups excluding carboxylic acids is 1. The van der Waals surface area contributed by atoms with Crippen LogP contribution in [0.4, 0.5) is 0 Å². The third-order valence-electron chi connectivity index (χ3n) is 5.87. The van der Waals surface area contributed by atoms with Gasteiger partial charge in [-0.3, -0.25) is 4.79 Å². The molecule has 1 aromatic heterocycles. The Morgan fingerprint density at radius 3 is 1.31 bits per heavy atom. The first-order valence-electron chi connectivity index (χ1n) is 11.1. The van der Waals surface area contributed by atoms with Crippen molar-refractivity contribution in [3.8, 4) is 43.1 Å². The minimum absolute atomic E-state index is 0.461. The summed E-state index contributed by atoms with van der Waals surface area (Å²) in [7, 11) is 0. The Morgan fingerprint density at radius 1 is 0.543 bits per heavy atom. The van der Waals surface area contributed by atoms with E-state index in [1.807, 2.05) is 36.4 Å². The third kappa shape index (κ3) is 4.74. The number of rotatable bonds is 6. The van der Waals surface area contributed by atoms with Gasteiger partial charge in [-0.1, -0.05) is 115 Å². The summed E-state index contributed by atoms with van der Waals surface area (Å²) in [6.07, 6.45) is 0. The Bertz CT molecular complexity index is 1390. The second-order valence-corrected chi connectivity index (χ2v) is 9.90. The Morgan fingerprint density at radius 2 is 0.943 bits per heavy atom. The lowest BCUT2D eigenvalue weighted by Gasteiger charge is -2.11. The maximum absolute atomic E-state index is 11.6. The Balaban J connectivity index is 1.81.